The molecule has 2 heterocycles. The lowest BCUT2D eigenvalue weighted by atomic mass is 9.66. The van der Waals surface area contributed by atoms with Gasteiger partial charge in [-0.25, -0.2) is 9.97 Å². The van der Waals surface area contributed by atoms with E-state index in [1.807, 2.05) is 60.3 Å². The molecule has 9 aromatic rings. The first-order valence-electron chi connectivity index (χ1n) is 19.5. The number of rotatable bonds is 5. The van der Waals surface area contributed by atoms with Crippen molar-refractivity contribution >= 4 is 11.8 Å². The number of fused-ring (bicyclic) bond motifs is 9. The van der Waals surface area contributed by atoms with Gasteiger partial charge in [-0.05, 0) is 86.0 Å². The van der Waals surface area contributed by atoms with Gasteiger partial charge in [-0.2, -0.15) is 5.26 Å². The molecule has 3 nitrogen and oxygen atoms in total. The van der Waals surface area contributed by atoms with Gasteiger partial charge in [0.25, 0.3) is 0 Å². The Balaban J connectivity index is 1.12. The third kappa shape index (κ3) is 5.36. The summed E-state index contributed by atoms with van der Waals surface area (Å²) >= 11 is 1.86. The average molecular weight is 756 g/mol. The molecule has 11 rings (SSSR count). The Morgan fingerprint density at radius 3 is 1.57 bits per heavy atom. The lowest BCUT2D eigenvalue weighted by molar-refractivity contribution is 0.723. The van der Waals surface area contributed by atoms with Crippen LogP contribution in [0.2, 0.25) is 0 Å². The fourth-order valence-corrected chi connectivity index (χ4v) is 10.3. The molecule has 4 heteroatoms. The Hall–Kier alpha value is -7.32. The first-order chi connectivity index (χ1) is 28.7. The molecule has 8 aromatic carbocycles. The van der Waals surface area contributed by atoms with Crippen LogP contribution < -0.4 is 0 Å². The molecule has 0 bridgehead atoms. The Bertz CT molecular complexity index is 2970. The van der Waals surface area contributed by atoms with E-state index < -0.39 is 5.41 Å². The minimum Gasteiger partial charge on any atom is -0.228 e. The molecule has 1 aliphatic carbocycles. The minimum atomic E-state index is -0.560. The van der Waals surface area contributed by atoms with Gasteiger partial charge in [-0.15, -0.1) is 0 Å². The first-order valence-corrected chi connectivity index (χ1v) is 20.3. The molecule has 1 aromatic heterocycles. The van der Waals surface area contributed by atoms with E-state index in [2.05, 4.69) is 158 Å². The Kier molecular flexibility index (Phi) is 8.03. The highest BCUT2D eigenvalue weighted by molar-refractivity contribution is 7.99. The number of nitriles is 1. The first kappa shape index (κ1) is 34.0. The smallest absolute Gasteiger partial charge is 0.160 e. The van der Waals surface area contributed by atoms with Crippen molar-refractivity contribution in [2.45, 2.75) is 15.2 Å². The van der Waals surface area contributed by atoms with Crippen LogP contribution in [0, 0.1) is 11.3 Å². The fraction of sp³-hybridized carbons (Fsp3) is 0.0185. The number of aromatic nitrogens is 2. The number of hydrogen-bond donors (Lipinski definition) is 0. The van der Waals surface area contributed by atoms with Gasteiger partial charge in [0, 0.05) is 26.5 Å². The summed E-state index contributed by atoms with van der Waals surface area (Å²) in [6, 6.07) is 73.3. The second kappa shape index (κ2) is 13.7. The van der Waals surface area contributed by atoms with Crippen molar-refractivity contribution in [1.82, 2.24) is 9.97 Å². The zero-order chi connectivity index (χ0) is 38.6. The van der Waals surface area contributed by atoms with Gasteiger partial charge >= 0.3 is 0 Å². The molecule has 0 N–H and O–H groups in total. The quantitative estimate of drug-likeness (QED) is 0.175. The van der Waals surface area contributed by atoms with Crippen LogP contribution in [-0.4, -0.2) is 9.97 Å². The molecular weight excluding hydrogens is 723 g/mol. The maximum Gasteiger partial charge on any atom is 0.160 e. The van der Waals surface area contributed by atoms with Gasteiger partial charge in [0.2, 0.25) is 0 Å². The number of benzene rings is 8. The molecule has 0 fully saturated rings. The van der Waals surface area contributed by atoms with Crippen molar-refractivity contribution in [2.75, 3.05) is 0 Å². The van der Waals surface area contributed by atoms with E-state index in [0.29, 0.717) is 11.4 Å². The van der Waals surface area contributed by atoms with Crippen molar-refractivity contribution in [3.63, 3.8) is 0 Å². The Labute approximate surface area is 342 Å². The predicted octanol–water partition coefficient (Wildman–Crippen LogP) is 13.5. The van der Waals surface area contributed by atoms with E-state index in [9.17, 15) is 5.26 Å². The van der Waals surface area contributed by atoms with E-state index in [4.69, 9.17) is 9.97 Å². The van der Waals surface area contributed by atoms with Crippen molar-refractivity contribution < 1.29 is 0 Å². The average Bonchev–Trinajstić information content (AvgIpc) is 3.60. The van der Waals surface area contributed by atoms with E-state index >= 15 is 0 Å². The van der Waals surface area contributed by atoms with Crippen LogP contribution in [0.15, 0.2) is 210 Å². The van der Waals surface area contributed by atoms with Crippen molar-refractivity contribution in [1.29, 1.82) is 5.26 Å². The van der Waals surface area contributed by atoms with Gasteiger partial charge in [0.15, 0.2) is 5.82 Å². The summed E-state index contributed by atoms with van der Waals surface area (Å²) < 4.78 is 0. The lowest BCUT2D eigenvalue weighted by Gasteiger charge is -2.40. The predicted molar refractivity (Wildman–Crippen MR) is 235 cm³/mol. The van der Waals surface area contributed by atoms with Crippen LogP contribution in [0.3, 0.4) is 0 Å². The maximum absolute atomic E-state index is 9.31. The van der Waals surface area contributed by atoms with Crippen LogP contribution in [-0.2, 0) is 5.41 Å². The summed E-state index contributed by atoms with van der Waals surface area (Å²) in [6.45, 7) is 0. The highest BCUT2D eigenvalue weighted by atomic mass is 32.2. The van der Waals surface area contributed by atoms with E-state index in [0.717, 1.165) is 39.2 Å². The zero-order valence-electron chi connectivity index (χ0n) is 31.3. The highest BCUT2D eigenvalue weighted by Gasteiger charge is 2.50. The molecule has 270 valence electrons. The third-order valence-corrected chi connectivity index (χ3v) is 12.9. The van der Waals surface area contributed by atoms with E-state index in [1.165, 1.54) is 54.3 Å². The van der Waals surface area contributed by atoms with Crippen molar-refractivity contribution in [2.24, 2.45) is 0 Å². The largest absolute Gasteiger partial charge is 0.228 e. The van der Waals surface area contributed by atoms with Gasteiger partial charge in [-0.1, -0.05) is 182 Å². The summed E-state index contributed by atoms with van der Waals surface area (Å²) in [6.07, 6.45) is 0. The maximum atomic E-state index is 9.31. The monoisotopic (exact) mass is 755 g/mol. The molecule has 58 heavy (non-hydrogen) atoms. The molecule has 1 aliphatic heterocycles. The summed E-state index contributed by atoms with van der Waals surface area (Å²) in [5.41, 5.74) is 17.2. The Morgan fingerprint density at radius 2 is 0.914 bits per heavy atom. The number of hydrogen-bond acceptors (Lipinski definition) is 4. The van der Waals surface area contributed by atoms with Crippen molar-refractivity contribution in [3.05, 3.63) is 228 Å². The molecule has 2 aliphatic rings. The molecule has 0 unspecified atom stereocenters. The van der Waals surface area contributed by atoms with Gasteiger partial charge in [-0.3, -0.25) is 0 Å². The standard InChI is InChI=1S/C54H33N3S/c55-34-35-22-24-36(25-23-35)37-26-28-38(29-27-37)42-18-11-21-47-52(42)58-51-31-30-41(32-48(51)54(47)45-19-9-7-16-43(45)44-17-8-10-20-46(44)54)50-33-49(39-12-3-1-4-13-39)56-53(57-50)40-14-5-2-6-15-40/h1-33H. The van der Waals surface area contributed by atoms with Gasteiger partial charge in [0.1, 0.15) is 0 Å². The molecule has 0 saturated carbocycles. The van der Waals surface area contributed by atoms with Crippen LogP contribution in [0.5, 0.6) is 0 Å². The number of nitrogens with zero attached hydrogens (tertiary/aromatic N) is 3. The lowest BCUT2D eigenvalue weighted by Crippen LogP contribution is -2.32. The molecule has 0 atom stereocenters. The van der Waals surface area contributed by atoms with E-state index in [1.54, 1.807) is 0 Å². The minimum absolute atomic E-state index is 0.560. The summed E-state index contributed by atoms with van der Waals surface area (Å²) in [5.74, 6) is 0.704. The highest BCUT2D eigenvalue weighted by Crippen LogP contribution is 2.63. The Morgan fingerprint density at radius 1 is 0.397 bits per heavy atom. The molecular formula is C54H33N3S. The van der Waals surface area contributed by atoms with Crippen LogP contribution in [0.4, 0.5) is 0 Å². The summed E-state index contributed by atoms with van der Waals surface area (Å²) in [5, 5.41) is 9.31. The van der Waals surface area contributed by atoms with Crippen LogP contribution in [0.1, 0.15) is 27.8 Å². The fourth-order valence-electron chi connectivity index (χ4n) is 8.96. The van der Waals surface area contributed by atoms with Crippen LogP contribution in [0.25, 0.3) is 67.3 Å². The van der Waals surface area contributed by atoms with Crippen molar-refractivity contribution in [3.8, 4) is 73.4 Å². The summed E-state index contributed by atoms with van der Waals surface area (Å²) in [7, 11) is 0. The molecule has 0 saturated heterocycles. The SMILES string of the molecule is N#Cc1ccc(-c2ccc(-c3cccc4c3Sc3ccc(-c5cc(-c6ccccc6)nc(-c6ccccc6)n5)cc3C43c4ccccc4-c4ccccc43)cc2)cc1. The normalized spacial score (nSPS) is 12.9. The van der Waals surface area contributed by atoms with Gasteiger partial charge < -0.3 is 0 Å². The molecule has 0 radical (unpaired) electrons. The zero-order valence-corrected chi connectivity index (χ0v) is 32.1. The van der Waals surface area contributed by atoms with Gasteiger partial charge in [0.05, 0.1) is 28.4 Å². The second-order valence-corrected chi connectivity index (χ2v) is 15.8. The summed E-state index contributed by atoms with van der Waals surface area (Å²) in [4.78, 5) is 12.8. The third-order valence-electron chi connectivity index (χ3n) is 11.6. The molecule has 1 spiro atoms. The second-order valence-electron chi connectivity index (χ2n) is 14.8. The van der Waals surface area contributed by atoms with E-state index in [-0.39, 0.29) is 0 Å². The van der Waals surface area contributed by atoms with Crippen LogP contribution >= 0.6 is 11.8 Å². The molecule has 0 amide bonds. The topological polar surface area (TPSA) is 49.6 Å².